The van der Waals surface area contributed by atoms with Crippen molar-refractivity contribution in [1.29, 1.82) is 0 Å². The summed E-state index contributed by atoms with van der Waals surface area (Å²) in [6, 6.07) is 0.0983. The quantitative estimate of drug-likeness (QED) is 0.573. The van der Waals surface area contributed by atoms with E-state index in [9.17, 15) is 4.79 Å². The van der Waals surface area contributed by atoms with Gasteiger partial charge in [0.1, 0.15) is 0 Å². The van der Waals surface area contributed by atoms with Crippen molar-refractivity contribution >= 4 is 6.09 Å². The van der Waals surface area contributed by atoms with Crippen LogP contribution in [0.25, 0.3) is 0 Å². The van der Waals surface area contributed by atoms with Crippen LogP contribution in [0.2, 0.25) is 0 Å². The van der Waals surface area contributed by atoms with Crippen molar-refractivity contribution in [3.05, 3.63) is 0 Å². The molecule has 3 N–H and O–H groups in total. The molecule has 0 aromatic heterocycles. The molecule has 12 heavy (non-hydrogen) atoms. The van der Waals surface area contributed by atoms with Gasteiger partial charge in [0, 0.05) is 12.6 Å². The van der Waals surface area contributed by atoms with E-state index in [1.165, 1.54) is 0 Å². The topological polar surface area (TPSA) is 61.4 Å². The van der Waals surface area contributed by atoms with E-state index in [2.05, 4.69) is 17.6 Å². The van der Waals surface area contributed by atoms with E-state index in [0.29, 0.717) is 5.92 Å². The average molecular weight is 172 g/mol. The Balaban J connectivity index is 2.30. The van der Waals surface area contributed by atoms with Crippen LogP contribution in [0, 0.1) is 5.92 Å². The van der Waals surface area contributed by atoms with Gasteiger partial charge in [-0.15, -0.1) is 0 Å². The summed E-state index contributed by atoms with van der Waals surface area (Å²) in [7, 11) is 0. The van der Waals surface area contributed by atoms with Crippen molar-refractivity contribution in [3.63, 3.8) is 0 Å². The zero-order valence-electron chi connectivity index (χ0n) is 7.34. The molecule has 0 saturated carbocycles. The lowest BCUT2D eigenvalue weighted by molar-refractivity contribution is 0.183. The molecule has 4 nitrogen and oxygen atoms in total. The summed E-state index contributed by atoms with van der Waals surface area (Å²) in [6.07, 6.45) is 1.17. The Hall–Kier alpha value is -0.770. The summed E-state index contributed by atoms with van der Waals surface area (Å²) in [5.74, 6) is 0.621. The van der Waals surface area contributed by atoms with Gasteiger partial charge in [-0.05, 0) is 18.9 Å². The maximum atomic E-state index is 10.3. The Morgan fingerprint density at radius 3 is 3.00 bits per heavy atom. The largest absolute Gasteiger partial charge is 0.465 e. The molecule has 1 fully saturated rings. The number of hydrogen-bond donors (Lipinski definition) is 3. The molecule has 70 valence electrons. The molecule has 1 amide bonds. The molecule has 0 radical (unpaired) electrons. The van der Waals surface area contributed by atoms with Crippen LogP contribution in [0.3, 0.4) is 0 Å². The predicted molar refractivity (Wildman–Crippen MR) is 46.2 cm³/mol. The standard InChI is InChI=1S/C8H16N2O2/c1-2-6-3-7(5-9-4-6)10-8(11)12/h6-7,9-10H,2-5H2,1H3,(H,11,12)/t6-,7-/m0/s1. The number of carboxylic acid groups (broad SMARTS) is 1. The SMILES string of the molecule is CC[C@@H]1CNC[C@@H](NC(=O)O)C1. The number of nitrogens with one attached hydrogen (secondary N) is 2. The molecule has 1 rings (SSSR count). The van der Waals surface area contributed by atoms with Crippen molar-refractivity contribution < 1.29 is 9.90 Å². The van der Waals surface area contributed by atoms with E-state index in [1.807, 2.05) is 0 Å². The van der Waals surface area contributed by atoms with Gasteiger partial charge in [0.15, 0.2) is 0 Å². The summed E-state index contributed by atoms with van der Waals surface area (Å²) in [5, 5.41) is 14.2. The highest BCUT2D eigenvalue weighted by molar-refractivity contribution is 5.64. The van der Waals surface area contributed by atoms with Crippen LogP contribution < -0.4 is 10.6 Å². The van der Waals surface area contributed by atoms with Gasteiger partial charge in [-0.3, -0.25) is 0 Å². The fraction of sp³-hybridized carbons (Fsp3) is 0.875. The molecular formula is C8H16N2O2. The Labute approximate surface area is 72.3 Å². The Kier molecular flexibility index (Phi) is 3.34. The third-order valence-electron chi connectivity index (χ3n) is 2.35. The smallest absolute Gasteiger partial charge is 0.404 e. The van der Waals surface area contributed by atoms with Gasteiger partial charge < -0.3 is 15.7 Å². The van der Waals surface area contributed by atoms with Crippen LogP contribution in [-0.4, -0.2) is 30.3 Å². The van der Waals surface area contributed by atoms with Gasteiger partial charge in [-0.2, -0.15) is 0 Å². The lowest BCUT2D eigenvalue weighted by atomic mass is 9.94. The first-order chi connectivity index (χ1) is 5.72. The molecule has 2 atom stereocenters. The van der Waals surface area contributed by atoms with E-state index in [-0.39, 0.29) is 6.04 Å². The third-order valence-corrected chi connectivity index (χ3v) is 2.35. The second kappa shape index (κ2) is 4.30. The minimum absolute atomic E-state index is 0.0983. The van der Waals surface area contributed by atoms with Gasteiger partial charge in [0.2, 0.25) is 0 Å². The number of hydrogen-bond acceptors (Lipinski definition) is 2. The van der Waals surface area contributed by atoms with E-state index in [4.69, 9.17) is 5.11 Å². The Bertz CT molecular complexity index is 161. The molecule has 1 saturated heterocycles. The van der Waals surface area contributed by atoms with Crippen LogP contribution in [0.4, 0.5) is 4.79 Å². The fourth-order valence-electron chi connectivity index (χ4n) is 1.63. The van der Waals surface area contributed by atoms with Crippen molar-refractivity contribution in [2.45, 2.75) is 25.8 Å². The highest BCUT2D eigenvalue weighted by Gasteiger charge is 2.21. The predicted octanol–water partition coefficient (Wildman–Crippen LogP) is 0.642. The molecule has 0 unspecified atom stereocenters. The number of piperidine rings is 1. The van der Waals surface area contributed by atoms with Crippen molar-refractivity contribution in [2.75, 3.05) is 13.1 Å². The van der Waals surface area contributed by atoms with Crippen LogP contribution in [0.15, 0.2) is 0 Å². The molecule has 0 aliphatic carbocycles. The first kappa shape index (κ1) is 9.32. The third kappa shape index (κ3) is 2.70. The van der Waals surface area contributed by atoms with E-state index < -0.39 is 6.09 Å². The second-order valence-electron chi connectivity index (χ2n) is 3.31. The highest BCUT2D eigenvalue weighted by atomic mass is 16.4. The lowest BCUT2D eigenvalue weighted by Gasteiger charge is -2.28. The summed E-state index contributed by atoms with van der Waals surface area (Å²) < 4.78 is 0. The van der Waals surface area contributed by atoms with Crippen LogP contribution in [0.1, 0.15) is 19.8 Å². The summed E-state index contributed by atoms with van der Waals surface area (Å²) in [4.78, 5) is 10.3. The first-order valence-electron chi connectivity index (χ1n) is 4.42. The molecule has 0 bridgehead atoms. The maximum absolute atomic E-state index is 10.3. The van der Waals surface area contributed by atoms with Gasteiger partial charge in [-0.1, -0.05) is 13.3 Å². The van der Waals surface area contributed by atoms with E-state index >= 15 is 0 Å². The Morgan fingerprint density at radius 1 is 1.67 bits per heavy atom. The molecule has 4 heteroatoms. The maximum Gasteiger partial charge on any atom is 0.404 e. The normalized spacial score (nSPS) is 29.8. The van der Waals surface area contributed by atoms with Crippen molar-refractivity contribution in [3.8, 4) is 0 Å². The number of rotatable bonds is 2. The van der Waals surface area contributed by atoms with Gasteiger partial charge in [-0.25, -0.2) is 4.79 Å². The van der Waals surface area contributed by atoms with E-state index in [0.717, 1.165) is 25.9 Å². The molecule has 1 aliphatic rings. The number of carbonyl (C=O) groups is 1. The molecule has 0 aromatic rings. The summed E-state index contributed by atoms with van der Waals surface area (Å²) in [5.41, 5.74) is 0. The Morgan fingerprint density at radius 2 is 2.42 bits per heavy atom. The molecule has 1 aliphatic heterocycles. The first-order valence-corrected chi connectivity index (χ1v) is 4.42. The van der Waals surface area contributed by atoms with Crippen LogP contribution >= 0.6 is 0 Å². The molecule has 0 spiro atoms. The average Bonchev–Trinajstić information content (AvgIpc) is 2.03. The summed E-state index contributed by atoms with van der Waals surface area (Å²) >= 11 is 0. The lowest BCUT2D eigenvalue weighted by Crippen LogP contribution is -2.48. The fourth-order valence-corrected chi connectivity index (χ4v) is 1.63. The van der Waals surface area contributed by atoms with E-state index in [1.54, 1.807) is 0 Å². The van der Waals surface area contributed by atoms with Crippen molar-refractivity contribution in [1.82, 2.24) is 10.6 Å². The molecular weight excluding hydrogens is 156 g/mol. The second-order valence-corrected chi connectivity index (χ2v) is 3.31. The van der Waals surface area contributed by atoms with Gasteiger partial charge in [0.05, 0.1) is 0 Å². The van der Waals surface area contributed by atoms with Crippen LogP contribution in [-0.2, 0) is 0 Å². The van der Waals surface area contributed by atoms with Gasteiger partial charge >= 0.3 is 6.09 Å². The van der Waals surface area contributed by atoms with Gasteiger partial charge in [0.25, 0.3) is 0 Å². The van der Waals surface area contributed by atoms with Crippen LogP contribution in [0.5, 0.6) is 0 Å². The minimum atomic E-state index is -0.918. The zero-order valence-corrected chi connectivity index (χ0v) is 7.34. The number of amides is 1. The monoisotopic (exact) mass is 172 g/mol. The summed E-state index contributed by atoms with van der Waals surface area (Å²) in [6.45, 7) is 3.92. The molecule has 0 aromatic carbocycles. The minimum Gasteiger partial charge on any atom is -0.465 e. The zero-order chi connectivity index (χ0) is 8.97. The molecule has 1 heterocycles. The highest BCUT2D eigenvalue weighted by Crippen LogP contribution is 2.13. The van der Waals surface area contributed by atoms with Crippen molar-refractivity contribution in [2.24, 2.45) is 5.92 Å².